The van der Waals surface area contributed by atoms with E-state index in [0.29, 0.717) is 29.5 Å². The lowest BCUT2D eigenvalue weighted by Crippen LogP contribution is -2.29. The summed E-state index contributed by atoms with van der Waals surface area (Å²) in [6.07, 6.45) is -4.54. The molecule has 9 heteroatoms. The van der Waals surface area contributed by atoms with E-state index in [-0.39, 0.29) is 24.4 Å². The number of imidazole rings is 1. The molecule has 2 heterocycles. The molecule has 0 bridgehead atoms. The summed E-state index contributed by atoms with van der Waals surface area (Å²) in [6.45, 7) is 1.96. The Balaban J connectivity index is 0.00000192. The van der Waals surface area contributed by atoms with Crippen LogP contribution in [0.2, 0.25) is 0 Å². The van der Waals surface area contributed by atoms with Crippen LogP contribution in [0.3, 0.4) is 0 Å². The highest BCUT2D eigenvalue weighted by atomic mass is 79.9. The highest BCUT2D eigenvalue weighted by molar-refractivity contribution is 9.10. The standard InChI is InChI=1S/C14H12BrF4N3.ClH/c15-13-11(22-4-3-20-7-12(22)21-13)5-8-1-2-9(16)6-10(8)14(17,18)19;/h1-2,6,20H,3-5,7H2;1H. The number of halogens is 6. The Morgan fingerprint density at radius 2 is 2.04 bits per heavy atom. The third-order valence-corrected chi connectivity index (χ3v) is 4.27. The molecular formula is C14H13BrClF4N3. The first-order valence-electron chi connectivity index (χ1n) is 6.66. The number of hydrogen-bond acceptors (Lipinski definition) is 2. The maximum atomic E-state index is 13.2. The fourth-order valence-electron chi connectivity index (χ4n) is 2.61. The average molecular weight is 415 g/mol. The Kier molecular flexibility index (Phi) is 5.37. The molecule has 3 nitrogen and oxygen atoms in total. The van der Waals surface area contributed by atoms with E-state index in [4.69, 9.17) is 0 Å². The van der Waals surface area contributed by atoms with Crippen molar-refractivity contribution in [2.75, 3.05) is 6.54 Å². The van der Waals surface area contributed by atoms with Gasteiger partial charge in [-0.05, 0) is 33.6 Å². The van der Waals surface area contributed by atoms with Gasteiger partial charge in [0.05, 0.1) is 17.8 Å². The summed E-state index contributed by atoms with van der Waals surface area (Å²) < 4.78 is 54.9. The number of rotatable bonds is 2. The normalized spacial score (nSPS) is 14.3. The van der Waals surface area contributed by atoms with Gasteiger partial charge in [-0.3, -0.25) is 0 Å². The number of nitrogens with one attached hydrogen (secondary N) is 1. The van der Waals surface area contributed by atoms with Crippen molar-refractivity contribution in [3.8, 4) is 0 Å². The van der Waals surface area contributed by atoms with E-state index in [1.165, 1.54) is 6.07 Å². The van der Waals surface area contributed by atoms with Crippen molar-refractivity contribution in [2.24, 2.45) is 0 Å². The Morgan fingerprint density at radius 3 is 2.74 bits per heavy atom. The summed E-state index contributed by atoms with van der Waals surface area (Å²) in [7, 11) is 0. The highest BCUT2D eigenvalue weighted by Gasteiger charge is 2.34. The van der Waals surface area contributed by atoms with Gasteiger partial charge in [0.15, 0.2) is 0 Å². The molecule has 0 aliphatic carbocycles. The quantitative estimate of drug-likeness (QED) is 0.755. The van der Waals surface area contributed by atoms with Gasteiger partial charge < -0.3 is 9.88 Å². The van der Waals surface area contributed by atoms with E-state index in [1.807, 2.05) is 4.57 Å². The van der Waals surface area contributed by atoms with Crippen LogP contribution in [0.5, 0.6) is 0 Å². The molecule has 1 aromatic carbocycles. The maximum absolute atomic E-state index is 13.2. The smallest absolute Gasteiger partial charge is 0.328 e. The average Bonchev–Trinajstić information content (AvgIpc) is 2.76. The van der Waals surface area contributed by atoms with Crippen LogP contribution < -0.4 is 5.32 Å². The Morgan fingerprint density at radius 1 is 1.30 bits per heavy atom. The molecule has 0 unspecified atom stereocenters. The van der Waals surface area contributed by atoms with Crippen LogP contribution in [0.4, 0.5) is 17.6 Å². The van der Waals surface area contributed by atoms with E-state index in [2.05, 4.69) is 26.2 Å². The molecule has 1 aromatic heterocycles. The number of fused-ring (bicyclic) bond motifs is 1. The van der Waals surface area contributed by atoms with Crippen LogP contribution in [0, 0.1) is 5.82 Å². The van der Waals surface area contributed by atoms with Gasteiger partial charge in [0.1, 0.15) is 16.2 Å². The van der Waals surface area contributed by atoms with E-state index < -0.39 is 17.6 Å². The maximum Gasteiger partial charge on any atom is 0.416 e. The molecule has 1 N–H and O–H groups in total. The monoisotopic (exact) mass is 413 g/mol. The van der Waals surface area contributed by atoms with Crippen molar-refractivity contribution in [2.45, 2.75) is 25.7 Å². The van der Waals surface area contributed by atoms with Crippen LogP contribution in [-0.2, 0) is 25.7 Å². The number of alkyl halides is 3. The van der Waals surface area contributed by atoms with Crippen molar-refractivity contribution in [1.29, 1.82) is 0 Å². The summed E-state index contributed by atoms with van der Waals surface area (Å²) in [6, 6.07) is 2.78. The first kappa shape index (κ1) is 18.2. The van der Waals surface area contributed by atoms with E-state index in [9.17, 15) is 17.6 Å². The Bertz CT molecular complexity index is 715. The summed E-state index contributed by atoms with van der Waals surface area (Å²) in [4.78, 5) is 4.32. The molecule has 0 atom stereocenters. The highest BCUT2D eigenvalue weighted by Crippen LogP contribution is 2.34. The minimum Gasteiger partial charge on any atom is -0.328 e. The van der Waals surface area contributed by atoms with E-state index in [1.54, 1.807) is 0 Å². The summed E-state index contributed by atoms with van der Waals surface area (Å²) in [5.41, 5.74) is -0.228. The van der Waals surface area contributed by atoms with E-state index >= 15 is 0 Å². The first-order chi connectivity index (χ1) is 10.4. The minimum absolute atomic E-state index is 0. The molecule has 1 aliphatic heterocycles. The van der Waals surface area contributed by atoms with Gasteiger partial charge in [-0.1, -0.05) is 6.07 Å². The van der Waals surface area contributed by atoms with Gasteiger partial charge in [-0.2, -0.15) is 13.2 Å². The summed E-state index contributed by atoms with van der Waals surface area (Å²) >= 11 is 3.31. The van der Waals surface area contributed by atoms with Gasteiger partial charge >= 0.3 is 6.18 Å². The molecule has 0 saturated heterocycles. The van der Waals surface area contributed by atoms with Crippen molar-refractivity contribution >= 4 is 28.3 Å². The van der Waals surface area contributed by atoms with Crippen molar-refractivity contribution in [3.05, 3.63) is 51.3 Å². The third kappa shape index (κ3) is 3.70. The largest absolute Gasteiger partial charge is 0.416 e. The molecule has 2 aromatic rings. The molecule has 0 fully saturated rings. The minimum atomic E-state index is -4.59. The molecule has 0 amide bonds. The van der Waals surface area contributed by atoms with Crippen LogP contribution >= 0.6 is 28.3 Å². The topological polar surface area (TPSA) is 29.9 Å². The fraction of sp³-hybridized carbons (Fsp3) is 0.357. The second kappa shape index (κ2) is 6.78. The van der Waals surface area contributed by atoms with Gasteiger partial charge in [-0.15, -0.1) is 12.4 Å². The van der Waals surface area contributed by atoms with E-state index in [0.717, 1.165) is 18.4 Å². The molecule has 3 rings (SSSR count). The van der Waals surface area contributed by atoms with Crippen molar-refractivity contribution < 1.29 is 17.6 Å². The predicted molar refractivity (Wildman–Crippen MR) is 83.1 cm³/mol. The molecule has 126 valence electrons. The lowest BCUT2D eigenvalue weighted by Gasteiger charge is -2.19. The zero-order valence-electron chi connectivity index (χ0n) is 11.8. The SMILES string of the molecule is Cl.Fc1ccc(Cc2c(Br)nc3n2CCNC3)c(C(F)(F)F)c1. The zero-order chi connectivity index (χ0) is 15.9. The fourth-order valence-corrected chi connectivity index (χ4v) is 3.17. The Hall–Kier alpha value is -1.12. The molecule has 1 aliphatic rings. The molecule has 0 radical (unpaired) electrons. The molecule has 0 spiro atoms. The second-order valence-electron chi connectivity index (χ2n) is 5.07. The second-order valence-corrected chi connectivity index (χ2v) is 5.82. The number of aromatic nitrogens is 2. The van der Waals surface area contributed by atoms with Crippen LogP contribution in [0.25, 0.3) is 0 Å². The van der Waals surface area contributed by atoms with Crippen LogP contribution in [-0.4, -0.2) is 16.1 Å². The Labute approximate surface area is 144 Å². The lowest BCUT2D eigenvalue weighted by molar-refractivity contribution is -0.138. The summed E-state index contributed by atoms with van der Waals surface area (Å²) in [5, 5.41) is 3.15. The number of hydrogen-bond donors (Lipinski definition) is 1. The zero-order valence-corrected chi connectivity index (χ0v) is 14.2. The van der Waals surface area contributed by atoms with Crippen molar-refractivity contribution in [3.63, 3.8) is 0 Å². The van der Waals surface area contributed by atoms with Crippen molar-refractivity contribution in [1.82, 2.24) is 14.9 Å². The number of benzene rings is 1. The molecule has 23 heavy (non-hydrogen) atoms. The summed E-state index contributed by atoms with van der Waals surface area (Å²) in [5.74, 6) is -0.113. The number of nitrogens with zero attached hydrogens (tertiary/aromatic N) is 2. The first-order valence-corrected chi connectivity index (χ1v) is 7.45. The van der Waals surface area contributed by atoms with Gasteiger partial charge in [-0.25, -0.2) is 9.37 Å². The van der Waals surface area contributed by atoms with Gasteiger partial charge in [0.2, 0.25) is 0 Å². The van der Waals surface area contributed by atoms with Gasteiger partial charge in [0, 0.05) is 19.5 Å². The predicted octanol–water partition coefficient (Wildman–Crippen LogP) is 3.92. The molecular weight excluding hydrogens is 402 g/mol. The van der Waals surface area contributed by atoms with Crippen LogP contribution in [0.15, 0.2) is 22.8 Å². The van der Waals surface area contributed by atoms with Gasteiger partial charge in [0.25, 0.3) is 0 Å². The lowest BCUT2D eigenvalue weighted by atomic mass is 10.0. The molecule has 0 saturated carbocycles. The van der Waals surface area contributed by atoms with Crippen LogP contribution in [0.1, 0.15) is 22.6 Å². The third-order valence-electron chi connectivity index (χ3n) is 3.63.